The molecule has 15 nitrogen and oxygen atoms in total. The first-order chi connectivity index (χ1) is 33.2. The number of imide groups is 2. The zero-order valence-corrected chi connectivity index (χ0v) is 40.0. The Morgan fingerprint density at radius 3 is 1.93 bits per heavy atom. The van der Waals surface area contributed by atoms with Gasteiger partial charge in [0.1, 0.15) is 6.04 Å². The molecule has 3 aliphatic rings. The molecule has 2 saturated heterocycles. The second-order valence-electron chi connectivity index (χ2n) is 16.4. The van der Waals surface area contributed by atoms with Gasteiger partial charge >= 0.3 is 0 Å². The largest absolute Gasteiger partial charge is 0.382 e. The minimum Gasteiger partial charge on any atom is -0.382 e. The van der Waals surface area contributed by atoms with Crippen LogP contribution in [0.1, 0.15) is 50.2 Å². The number of piperidine rings is 2. The smallest absolute Gasteiger partial charge is 0.264 e. The summed E-state index contributed by atoms with van der Waals surface area (Å²) in [6.45, 7) is 0.825. The van der Waals surface area contributed by atoms with Gasteiger partial charge in [-0.3, -0.25) is 43.8 Å². The molecule has 4 N–H and O–H groups in total. The molecule has 2 fully saturated rings. The number of nitrogens with zero attached hydrogens (tertiary/aromatic N) is 2. The number of carbonyl (C=O) groups is 7. The fourth-order valence-electron chi connectivity index (χ4n) is 8.27. The van der Waals surface area contributed by atoms with Crippen LogP contribution in [0.2, 0.25) is 20.1 Å². The minimum atomic E-state index is -1.07. The zero-order valence-electron chi connectivity index (χ0n) is 37.0. The highest BCUT2D eigenvalue weighted by Gasteiger charge is 2.46. The monoisotopic (exact) mass is 1020 g/mol. The second kappa shape index (κ2) is 23.6. The number of anilines is 1. The van der Waals surface area contributed by atoms with Crippen LogP contribution in [0.3, 0.4) is 0 Å². The van der Waals surface area contributed by atoms with Crippen molar-refractivity contribution in [2.75, 3.05) is 64.6 Å². The molecule has 7 rings (SSSR count). The van der Waals surface area contributed by atoms with Crippen molar-refractivity contribution in [2.45, 2.75) is 25.3 Å². The van der Waals surface area contributed by atoms with Crippen LogP contribution in [0.4, 0.5) is 5.69 Å². The molecular formula is C50H47Cl4N5O10. The number of ketones is 1. The van der Waals surface area contributed by atoms with Crippen LogP contribution < -0.4 is 16.4 Å². The van der Waals surface area contributed by atoms with E-state index < -0.39 is 53.3 Å². The molecule has 0 radical (unpaired) electrons. The lowest BCUT2D eigenvalue weighted by Crippen LogP contribution is -2.54. The highest BCUT2D eigenvalue weighted by Crippen LogP contribution is 2.33. The van der Waals surface area contributed by atoms with E-state index in [2.05, 4.69) is 10.6 Å². The van der Waals surface area contributed by atoms with Gasteiger partial charge in [-0.25, -0.2) is 0 Å². The molecule has 4 aromatic carbocycles. The fraction of sp³-hybridized carbons (Fsp3) is 0.300. The van der Waals surface area contributed by atoms with Crippen molar-refractivity contribution in [1.29, 1.82) is 0 Å². The van der Waals surface area contributed by atoms with Gasteiger partial charge in [-0.2, -0.15) is 0 Å². The maximum absolute atomic E-state index is 14.8. The van der Waals surface area contributed by atoms with Gasteiger partial charge in [0, 0.05) is 42.9 Å². The van der Waals surface area contributed by atoms with E-state index in [1.165, 1.54) is 11.0 Å². The lowest BCUT2D eigenvalue weighted by Gasteiger charge is -2.35. The van der Waals surface area contributed by atoms with E-state index >= 15 is 0 Å². The van der Waals surface area contributed by atoms with Crippen LogP contribution >= 0.6 is 46.4 Å². The number of halogens is 4. The van der Waals surface area contributed by atoms with Crippen molar-refractivity contribution >= 4 is 105 Å². The topological polar surface area (TPSA) is 204 Å². The Bertz CT molecular complexity index is 2640. The van der Waals surface area contributed by atoms with Crippen molar-refractivity contribution in [3.05, 3.63) is 144 Å². The quantitative estimate of drug-likeness (QED) is 0.0483. The van der Waals surface area contributed by atoms with Crippen LogP contribution in [0.25, 0.3) is 12.2 Å². The van der Waals surface area contributed by atoms with E-state index in [0.29, 0.717) is 48.1 Å². The molecule has 3 atom stereocenters. The molecule has 19 heteroatoms. The van der Waals surface area contributed by atoms with Gasteiger partial charge in [-0.15, -0.1) is 0 Å². The molecule has 0 bridgehead atoms. The number of likely N-dealkylation sites (tertiary alicyclic amines) is 1. The van der Waals surface area contributed by atoms with Crippen molar-refractivity contribution in [3.63, 3.8) is 0 Å². The predicted octanol–water partition coefficient (Wildman–Crippen LogP) is 6.70. The van der Waals surface area contributed by atoms with Crippen molar-refractivity contribution in [2.24, 2.45) is 17.6 Å². The van der Waals surface area contributed by atoms with E-state index in [1.807, 2.05) is 30.3 Å². The third-order valence-electron chi connectivity index (χ3n) is 11.7. The first kappa shape index (κ1) is 51.0. The van der Waals surface area contributed by atoms with Gasteiger partial charge in [0.2, 0.25) is 23.6 Å². The number of hydrogen-bond acceptors (Lipinski definition) is 11. The summed E-state index contributed by atoms with van der Waals surface area (Å²) in [6, 6.07) is 22.8. The zero-order chi connectivity index (χ0) is 49.2. The molecule has 3 aliphatic heterocycles. The molecule has 69 heavy (non-hydrogen) atoms. The molecule has 0 saturated carbocycles. The Morgan fingerprint density at radius 1 is 0.725 bits per heavy atom. The molecule has 2 unspecified atom stereocenters. The highest BCUT2D eigenvalue weighted by atomic mass is 35.5. The summed E-state index contributed by atoms with van der Waals surface area (Å²) >= 11 is 25.0. The number of Topliss-reactive ketones (excluding diaryl/α,β-unsaturated/α-hetero) is 1. The Hall–Kier alpha value is -5.91. The van der Waals surface area contributed by atoms with E-state index in [-0.39, 0.29) is 95.4 Å². The maximum Gasteiger partial charge on any atom is 0.264 e. The average Bonchev–Trinajstić information content (AvgIpc) is 3.58. The summed E-state index contributed by atoms with van der Waals surface area (Å²) in [5, 5.41) is 6.58. The normalized spacial score (nSPS) is 18.1. The second-order valence-corrected chi connectivity index (χ2v) is 18.0. The molecular weight excluding hydrogens is 972 g/mol. The molecule has 6 amide bonds. The molecule has 4 aromatic rings. The number of hydrogen-bond donors (Lipinski definition) is 3. The Kier molecular flexibility index (Phi) is 17.4. The first-order valence-electron chi connectivity index (χ1n) is 22.0. The molecule has 3 heterocycles. The van der Waals surface area contributed by atoms with Crippen molar-refractivity contribution in [3.8, 4) is 0 Å². The van der Waals surface area contributed by atoms with Gasteiger partial charge in [-0.1, -0.05) is 94.9 Å². The van der Waals surface area contributed by atoms with Crippen LogP contribution in [0.5, 0.6) is 0 Å². The average molecular weight is 1020 g/mol. The number of benzene rings is 4. The van der Waals surface area contributed by atoms with Crippen molar-refractivity contribution < 1.29 is 47.8 Å². The van der Waals surface area contributed by atoms with E-state index in [1.54, 1.807) is 60.7 Å². The SMILES string of the molecule is NC(=O)C(COCCOCCOCCNc1cccc2c1C(=O)N(C1CCC(=O)NC1=O)C2=O)[C@H](Cc1ccccc1)C(=O)N1C/C(=C\c2ccc(Cl)c(Cl)c2)C(=O)/C(=C/c2ccc(Cl)c(Cl)c2)C1. The van der Waals surface area contributed by atoms with Gasteiger partial charge in [-0.05, 0) is 78.1 Å². The summed E-state index contributed by atoms with van der Waals surface area (Å²) in [5.74, 6) is -5.81. The third-order valence-corrected chi connectivity index (χ3v) is 13.2. The number of fused-ring (bicyclic) bond motifs is 1. The first-order valence-corrected chi connectivity index (χ1v) is 23.5. The Labute approximate surface area is 417 Å². The summed E-state index contributed by atoms with van der Waals surface area (Å²) in [6.07, 6.45) is 3.54. The third kappa shape index (κ3) is 12.7. The van der Waals surface area contributed by atoms with E-state index in [9.17, 15) is 33.6 Å². The molecule has 0 aromatic heterocycles. The number of nitrogens with one attached hydrogen (secondary N) is 2. The highest BCUT2D eigenvalue weighted by molar-refractivity contribution is 6.42. The fourth-order valence-corrected chi connectivity index (χ4v) is 8.89. The lowest BCUT2D eigenvalue weighted by molar-refractivity contribution is -0.143. The number of nitrogens with two attached hydrogens (primary N) is 1. The van der Waals surface area contributed by atoms with Gasteiger partial charge in [0.25, 0.3) is 11.8 Å². The van der Waals surface area contributed by atoms with Gasteiger partial charge < -0.3 is 30.2 Å². The van der Waals surface area contributed by atoms with Crippen molar-refractivity contribution in [1.82, 2.24) is 15.1 Å². The summed E-state index contributed by atoms with van der Waals surface area (Å²) in [7, 11) is 0. The van der Waals surface area contributed by atoms with Crippen LogP contribution in [-0.4, -0.2) is 116 Å². The Balaban J connectivity index is 0.936. The predicted molar refractivity (Wildman–Crippen MR) is 261 cm³/mol. The lowest BCUT2D eigenvalue weighted by atomic mass is 9.84. The van der Waals surface area contributed by atoms with E-state index in [4.69, 9.17) is 66.3 Å². The summed E-state index contributed by atoms with van der Waals surface area (Å²) in [4.78, 5) is 95.1. The van der Waals surface area contributed by atoms with Crippen LogP contribution in [0, 0.1) is 11.8 Å². The van der Waals surface area contributed by atoms with Crippen LogP contribution in [-0.2, 0) is 44.6 Å². The number of carbonyl (C=O) groups excluding carboxylic acids is 7. The van der Waals surface area contributed by atoms with Crippen LogP contribution in [0.15, 0.2) is 96.1 Å². The number of rotatable bonds is 20. The number of amides is 6. The maximum atomic E-state index is 14.8. The molecule has 360 valence electrons. The molecule has 0 spiro atoms. The van der Waals surface area contributed by atoms with E-state index in [0.717, 1.165) is 10.5 Å². The van der Waals surface area contributed by atoms with Gasteiger partial charge in [0.05, 0.1) is 82.7 Å². The standard InChI is InChI=1S/C50H47Cl4N5O10/c51-37-11-9-30(24-39(37)53)21-32-26-58(27-33(45(32)61)22-31-10-12-38(52)40(54)25-31)48(64)35(23-29-5-2-1-3-6-29)36(46(55)62)28-69-20-19-68-18-17-67-16-15-56-41-8-4-7-34-44(41)50(66)59(49(34)65)42-13-14-43(60)57-47(42)63/h1-12,21-22,24-25,35-36,42,56H,13-20,23,26-28H2,(H2,55,62)(H,57,60,63)/b32-21+,33-22+/t35-,36?,42?/m0/s1. The number of primary amides is 1. The summed E-state index contributed by atoms with van der Waals surface area (Å²) < 4.78 is 17.3. The minimum absolute atomic E-state index is 0.0232. The van der Waals surface area contributed by atoms with Gasteiger partial charge in [0.15, 0.2) is 5.78 Å². The number of ether oxygens (including phenoxy) is 3. The molecule has 0 aliphatic carbocycles. The summed E-state index contributed by atoms with van der Waals surface area (Å²) in [5.41, 5.74) is 9.32. The Morgan fingerprint density at radius 2 is 1.33 bits per heavy atom.